The number of benzene rings is 3. The zero-order valence-corrected chi connectivity index (χ0v) is 16.8. The van der Waals surface area contributed by atoms with Gasteiger partial charge in [-0.3, -0.25) is 0 Å². The largest absolute Gasteiger partial charge is 0.497 e. The Balaban J connectivity index is 1.49. The van der Waals surface area contributed by atoms with Gasteiger partial charge in [-0.15, -0.1) is 0 Å². The summed E-state index contributed by atoms with van der Waals surface area (Å²) in [5.74, 6) is 0.568. The van der Waals surface area contributed by atoms with Crippen molar-refractivity contribution in [2.75, 3.05) is 18.6 Å². The molecule has 0 bridgehead atoms. The SMILES string of the molecule is COc1ccc(N2C[C@@H](CCC(O)c3ccc(F)cc3)[C@H]2c2ccc(F)cc2)cc1. The van der Waals surface area contributed by atoms with Gasteiger partial charge in [-0.25, -0.2) is 8.78 Å². The maximum absolute atomic E-state index is 13.5. The van der Waals surface area contributed by atoms with Crippen LogP contribution in [-0.4, -0.2) is 18.8 Å². The zero-order valence-electron chi connectivity index (χ0n) is 16.8. The van der Waals surface area contributed by atoms with Crippen LogP contribution in [0.25, 0.3) is 0 Å². The van der Waals surface area contributed by atoms with E-state index >= 15 is 0 Å². The van der Waals surface area contributed by atoms with Gasteiger partial charge in [-0.2, -0.15) is 0 Å². The minimum atomic E-state index is -0.630. The fraction of sp³-hybridized carbons (Fsp3) is 0.280. The predicted molar refractivity (Wildman–Crippen MR) is 114 cm³/mol. The lowest BCUT2D eigenvalue weighted by atomic mass is 9.79. The van der Waals surface area contributed by atoms with Gasteiger partial charge in [-0.1, -0.05) is 24.3 Å². The number of aliphatic hydroxyl groups excluding tert-OH is 1. The lowest BCUT2D eigenvalue weighted by molar-refractivity contribution is 0.144. The van der Waals surface area contributed by atoms with Crippen molar-refractivity contribution in [1.82, 2.24) is 0 Å². The zero-order chi connectivity index (χ0) is 21.1. The summed E-state index contributed by atoms with van der Waals surface area (Å²) in [5.41, 5.74) is 2.86. The molecule has 1 unspecified atom stereocenters. The number of anilines is 1. The van der Waals surface area contributed by atoms with Crippen LogP contribution in [0.3, 0.4) is 0 Å². The van der Waals surface area contributed by atoms with E-state index < -0.39 is 6.10 Å². The average molecular weight is 409 g/mol. The first-order chi connectivity index (χ1) is 14.5. The topological polar surface area (TPSA) is 32.7 Å². The normalized spacial score (nSPS) is 19.3. The van der Waals surface area contributed by atoms with E-state index in [2.05, 4.69) is 4.90 Å². The molecule has 3 aromatic carbocycles. The van der Waals surface area contributed by atoms with E-state index in [0.717, 1.165) is 35.5 Å². The first-order valence-corrected chi connectivity index (χ1v) is 10.1. The monoisotopic (exact) mass is 409 g/mol. The second kappa shape index (κ2) is 8.84. The lowest BCUT2D eigenvalue weighted by Crippen LogP contribution is -2.50. The quantitative estimate of drug-likeness (QED) is 0.546. The van der Waals surface area contributed by atoms with Crippen LogP contribution in [0.4, 0.5) is 14.5 Å². The Morgan fingerprint density at radius 3 is 2.13 bits per heavy atom. The van der Waals surface area contributed by atoms with Crippen molar-refractivity contribution in [3.8, 4) is 5.75 Å². The van der Waals surface area contributed by atoms with Crippen molar-refractivity contribution in [3.05, 3.63) is 95.6 Å². The molecule has 1 N–H and O–H groups in total. The Morgan fingerprint density at radius 2 is 1.53 bits per heavy atom. The summed E-state index contributed by atoms with van der Waals surface area (Å²) in [6, 6.07) is 20.7. The van der Waals surface area contributed by atoms with Gasteiger partial charge in [0.25, 0.3) is 0 Å². The third-order valence-corrected chi connectivity index (χ3v) is 5.89. The standard InChI is InChI=1S/C25H25F2NO2/c1-30-23-13-11-22(12-14-23)28-16-19(25(28)18-4-9-21(27)10-5-18)6-15-24(29)17-2-7-20(26)8-3-17/h2-5,7-14,19,24-25,29H,6,15-16H2,1H3/t19-,24?,25-/m1/s1. The highest BCUT2D eigenvalue weighted by atomic mass is 19.1. The van der Waals surface area contributed by atoms with Crippen LogP contribution in [-0.2, 0) is 0 Å². The molecule has 1 saturated heterocycles. The lowest BCUT2D eigenvalue weighted by Gasteiger charge is -2.50. The first kappa shape index (κ1) is 20.4. The van der Waals surface area contributed by atoms with Gasteiger partial charge in [0.05, 0.1) is 19.3 Å². The molecule has 156 valence electrons. The van der Waals surface area contributed by atoms with Crippen LogP contribution in [0.15, 0.2) is 72.8 Å². The third kappa shape index (κ3) is 4.31. The minimum absolute atomic E-state index is 0.111. The fourth-order valence-electron chi connectivity index (χ4n) is 4.21. The predicted octanol–water partition coefficient (Wildman–Crippen LogP) is 5.66. The minimum Gasteiger partial charge on any atom is -0.497 e. The van der Waals surface area contributed by atoms with E-state index in [1.54, 1.807) is 19.2 Å². The molecule has 0 saturated carbocycles. The van der Waals surface area contributed by atoms with Crippen molar-refractivity contribution < 1.29 is 18.6 Å². The van der Waals surface area contributed by atoms with Crippen molar-refractivity contribution in [2.24, 2.45) is 5.92 Å². The molecule has 0 amide bonds. The van der Waals surface area contributed by atoms with Crippen LogP contribution in [0.1, 0.15) is 36.1 Å². The second-order valence-corrected chi connectivity index (χ2v) is 7.75. The van der Waals surface area contributed by atoms with Gasteiger partial charge in [0, 0.05) is 18.2 Å². The van der Waals surface area contributed by atoms with E-state index in [-0.39, 0.29) is 17.7 Å². The van der Waals surface area contributed by atoms with Crippen molar-refractivity contribution in [2.45, 2.75) is 25.0 Å². The number of hydrogen-bond donors (Lipinski definition) is 1. The van der Waals surface area contributed by atoms with Gasteiger partial charge >= 0.3 is 0 Å². The van der Waals surface area contributed by atoms with Crippen LogP contribution in [0.5, 0.6) is 5.75 Å². The molecule has 3 nitrogen and oxygen atoms in total. The van der Waals surface area contributed by atoms with E-state index in [4.69, 9.17) is 4.74 Å². The molecule has 1 aliphatic rings. The Morgan fingerprint density at radius 1 is 0.933 bits per heavy atom. The molecule has 30 heavy (non-hydrogen) atoms. The summed E-state index contributed by atoms with van der Waals surface area (Å²) in [4.78, 5) is 2.29. The number of hydrogen-bond acceptors (Lipinski definition) is 3. The number of rotatable bonds is 7. The number of halogens is 2. The number of ether oxygens (including phenoxy) is 1. The van der Waals surface area contributed by atoms with Gasteiger partial charge in [0.1, 0.15) is 17.4 Å². The van der Waals surface area contributed by atoms with E-state index in [9.17, 15) is 13.9 Å². The Hall–Kier alpha value is -2.92. The van der Waals surface area contributed by atoms with Crippen molar-refractivity contribution in [1.29, 1.82) is 0 Å². The Kier molecular flexibility index (Phi) is 6.00. The molecule has 4 rings (SSSR count). The van der Waals surface area contributed by atoms with Gasteiger partial charge < -0.3 is 14.7 Å². The van der Waals surface area contributed by atoms with Gasteiger partial charge in [0.15, 0.2) is 0 Å². The smallest absolute Gasteiger partial charge is 0.123 e. The summed E-state index contributed by atoms with van der Waals surface area (Å²) in [6.07, 6.45) is 0.770. The molecule has 0 aromatic heterocycles. The number of nitrogens with zero attached hydrogens (tertiary/aromatic N) is 1. The molecule has 3 aromatic rings. The summed E-state index contributed by atoms with van der Waals surface area (Å²) in [5, 5.41) is 10.5. The third-order valence-electron chi connectivity index (χ3n) is 5.89. The summed E-state index contributed by atoms with van der Waals surface area (Å²) < 4.78 is 31.8. The van der Waals surface area contributed by atoms with Gasteiger partial charge in [-0.05, 0) is 72.5 Å². The van der Waals surface area contributed by atoms with E-state index in [1.165, 1.54) is 24.3 Å². The Bertz CT molecular complexity index is 958. The second-order valence-electron chi connectivity index (χ2n) is 7.75. The average Bonchev–Trinajstić information content (AvgIpc) is 2.75. The summed E-state index contributed by atoms with van der Waals surface area (Å²) >= 11 is 0. The maximum Gasteiger partial charge on any atom is 0.123 e. The first-order valence-electron chi connectivity index (χ1n) is 10.1. The van der Waals surface area contributed by atoms with E-state index in [1.807, 2.05) is 36.4 Å². The molecule has 1 aliphatic heterocycles. The molecular weight excluding hydrogens is 384 g/mol. The molecule has 0 aliphatic carbocycles. The van der Waals surface area contributed by atoms with Crippen LogP contribution in [0.2, 0.25) is 0 Å². The molecule has 0 spiro atoms. The molecule has 3 atom stereocenters. The molecule has 1 heterocycles. The molecule has 1 fully saturated rings. The number of methoxy groups -OCH3 is 1. The molecule has 0 radical (unpaired) electrons. The fourth-order valence-corrected chi connectivity index (χ4v) is 4.21. The molecule has 5 heteroatoms. The highest BCUT2D eigenvalue weighted by Crippen LogP contribution is 2.45. The Labute approximate surface area is 175 Å². The highest BCUT2D eigenvalue weighted by Gasteiger charge is 2.39. The molecular formula is C25H25F2NO2. The van der Waals surface area contributed by atoms with Crippen molar-refractivity contribution >= 4 is 5.69 Å². The van der Waals surface area contributed by atoms with Crippen LogP contribution >= 0.6 is 0 Å². The van der Waals surface area contributed by atoms with Crippen LogP contribution in [0, 0.1) is 17.6 Å². The van der Waals surface area contributed by atoms with Crippen LogP contribution < -0.4 is 9.64 Å². The van der Waals surface area contributed by atoms with Crippen molar-refractivity contribution in [3.63, 3.8) is 0 Å². The maximum atomic E-state index is 13.5. The summed E-state index contributed by atoms with van der Waals surface area (Å²) in [7, 11) is 1.64. The van der Waals surface area contributed by atoms with E-state index in [0.29, 0.717) is 12.3 Å². The highest BCUT2D eigenvalue weighted by molar-refractivity contribution is 5.54. The summed E-state index contributed by atoms with van der Waals surface area (Å²) in [6.45, 7) is 0.852. The number of aliphatic hydroxyl groups is 1. The van der Waals surface area contributed by atoms with Gasteiger partial charge in [0.2, 0.25) is 0 Å².